The zero-order valence-electron chi connectivity index (χ0n) is 14.7. The maximum Gasteiger partial charge on any atom is 0.202 e. The molecule has 128 valence electrons. The highest BCUT2D eigenvalue weighted by molar-refractivity contribution is 5.98. The van der Waals surface area contributed by atoms with Gasteiger partial charge >= 0.3 is 0 Å². The summed E-state index contributed by atoms with van der Waals surface area (Å²) in [7, 11) is 1.60. The Bertz CT molecular complexity index is 726. The van der Waals surface area contributed by atoms with Gasteiger partial charge in [-0.15, -0.1) is 0 Å². The number of ketones is 1. The van der Waals surface area contributed by atoms with Gasteiger partial charge in [0, 0.05) is 23.0 Å². The van der Waals surface area contributed by atoms with Crippen LogP contribution in [-0.2, 0) is 0 Å². The molecule has 2 aromatic rings. The van der Waals surface area contributed by atoms with Crippen LogP contribution >= 0.6 is 0 Å². The van der Waals surface area contributed by atoms with E-state index in [9.17, 15) is 4.79 Å². The normalized spacial score (nSPS) is 14.8. The number of nitrogens with zero attached hydrogens (tertiary/aromatic N) is 1. The topological polar surface area (TPSA) is 40.5 Å². The van der Waals surface area contributed by atoms with E-state index in [1.165, 1.54) is 31.4 Å². The van der Waals surface area contributed by atoms with Gasteiger partial charge in [0.2, 0.25) is 5.78 Å². The Morgan fingerprint density at radius 3 is 2.50 bits per heavy atom. The van der Waals surface area contributed by atoms with Crippen LogP contribution in [0.4, 0.5) is 0 Å². The number of benzene rings is 1. The molecular weight excluding hydrogens is 302 g/mol. The quantitative estimate of drug-likeness (QED) is 0.734. The van der Waals surface area contributed by atoms with Gasteiger partial charge in [-0.05, 0) is 44.9 Å². The fourth-order valence-corrected chi connectivity index (χ4v) is 3.74. The maximum atomic E-state index is 12.6. The average molecular weight is 327 g/mol. The van der Waals surface area contributed by atoms with Crippen LogP contribution in [0.3, 0.4) is 0 Å². The fourth-order valence-electron chi connectivity index (χ4n) is 3.74. The largest absolute Gasteiger partial charge is 0.493 e. The molecule has 1 aromatic carbocycles. The third-order valence-electron chi connectivity index (χ3n) is 4.90. The minimum Gasteiger partial charge on any atom is -0.493 e. The number of para-hydroxylation sites is 2. The Balaban J connectivity index is 1.74. The molecule has 0 bridgehead atoms. The lowest BCUT2D eigenvalue weighted by molar-refractivity contribution is 0.0918. The Labute approximate surface area is 143 Å². The number of hydrogen-bond acceptors (Lipinski definition) is 3. The Hall–Kier alpha value is -2.23. The van der Waals surface area contributed by atoms with Crippen LogP contribution in [-0.4, -0.2) is 24.1 Å². The summed E-state index contributed by atoms with van der Waals surface area (Å²) < 4.78 is 13.3. The first kappa shape index (κ1) is 16.6. The summed E-state index contributed by atoms with van der Waals surface area (Å²) in [6.07, 6.45) is 4.98. The summed E-state index contributed by atoms with van der Waals surface area (Å²) in [5.41, 5.74) is 3.00. The average Bonchev–Trinajstić information content (AvgIpc) is 3.20. The highest BCUT2D eigenvalue weighted by Gasteiger charge is 2.23. The summed E-state index contributed by atoms with van der Waals surface area (Å²) >= 11 is 0. The van der Waals surface area contributed by atoms with Crippen LogP contribution < -0.4 is 9.47 Å². The van der Waals surface area contributed by atoms with Gasteiger partial charge in [-0.1, -0.05) is 25.0 Å². The van der Waals surface area contributed by atoms with Crippen LogP contribution in [0.2, 0.25) is 0 Å². The van der Waals surface area contributed by atoms with E-state index in [-0.39, 0.29) is 12.4 Å². The molecule has 0 amide bonds. The van der Waals surface area contributed by atoms with Gasteiger partial charge in [0.25, 0.3) is 0 Å². The summed E-state index contributed by atoms with van der Waals surface area (Å²) in [6, 6.07) is 9.93. The van der Waals surface area contributed by atoms with Gasteiger partial charge in [0.15, 0.2) is 18.1 Å². The summed E-state index contributed by atoms with van der Waals surface area (Å²) in [5, 5.41) is 0. The molecule has 1 heterocycles. The standard InChI is InChI=1S/C20H25NO3/c1-14-12-17(15(2)21(14)16-8-4-5-9-16)18(22)13-24-20-11-7-6-10-19(20)23-3/h6-7,10-12,16H,4-5,8-9,13H2,1-3H3. The van der Waals surface area contributed by atoms with Crippen LogP contribution in [0.1, 0.15) is 53.5 Å². The van der Waals surface area contributed by atoms with Crippen molar-refractivity contribution in [1.29, 1.82) is 0 Å². The van der Waals surface area contributed by atoms with Crippen molar-refractivity contribution in [3.8, 4) is 11.5 Å². The van der Waals surface area contributed by atoms with Crippen molar-refractivity contribution >= 4 is 5.78 Å². The first-order valence-corrected chi connectivity index (χ1v) is 8.59. The lowest BCUT2D eigenvalue weighted by Gasteiger charge is -2.17. The van der Waals surface area contributed by atoms with Gasteiger partial charge in [-0.3, -0.25) is 4.79 Å². The first-order valence-electron chi connectivity index (χ1n) is 8.59. The van der Waals surface area contributed by atoms with Crippen molar-refractivity contribution in [2.75, 3.05) is 13.7 Å². The Kier molecular flexibility index (Phi) is 4.93. The molecule has 1 aliphatic carbocycles. The number of aromatic nitrogens is 1. The van der Waals surface area contributed by atoms with Crippen LogP contribution in [0, 0.1) is 13.8 Å². The summed E-state index contributed by atoms with van der Waals surface area (Å²) in [5.74, 6) is 1.25. The zero-order chi connectivity index (χ0) is 17.1. The molecule has 0 spiro atoms. The van der Waals surface area contributed by atoms with Gasteiger partial charge in [0.1, 0.15) is 0 Å². The molecule has 3 rings (SSSR count). The number of carbonyl (C=O) groups is 1. The van der Waals surface area contributed by atoms with Gasteiger partial charge in [0.05, 0.1) is 7.11 Å². The van der Waals surface area contributed by atoms with Crippen LogP contribution in [0.5, 0.6) is 11.5 Å². The van der Waals surface area contributed by atoms with E-state index in [1.54, 1.807) is 7.11 Å². The lowest BCUT2D eigenvalue weighted by atomic mass is 10.1. The second kappa shape index (κ2) is 7.12. The molecule has 4 heteroatoms. The van der Waals surface area contributed by atoms with Crippen LogP contribution in [0.15, 0.2) is 30.3 Å². The predicted molar refractivity (Wildman–Crippen MR) is 94.2 cm³/mol. The minimum absolute atomic E-state index is 0.0123. The summed E-state index contributed by atoms with van der Waals surface area (Å²) in [6.45, 7) is 4.15. The van der Waals surface area contributed by atoms with Gasteiger partial charge < -0.3 is 14.0 Å². The maximum absolute atomic E-state index is 12.6. The third-order valence-corrected chi connectivity index (χ3v) is 4.90. The Morgan fingerprint density at radius 2 is 1.83 bits per heavy atom. The molecule has 1 fully saturated rings. The second-order valence-electron chi connectivity index (χ2n) is 6.46. The van der Waals surface area contributed by atoms with E-state index in [1.807, 2.05) is 37.3 Å². The third kappa shape index (κ3) is 3.18. The molecule has 1 saturated carbocycles. The van der Waals surface area contributed by atoms with E-state index >= 15 is 0 Å². The lowest BCUT2D eigenvalue weighted by Crippen LogP contribution is -2.14. The van der Waals surface area contributed by atoms with E-state index in [4.69, 9.17) is 9.47 Å². The predicted octanol–water partition coefficient (Wildman–Crippen LogP) is 4.49. The smallest absolute Gasteiger partial charge is 0.202 e. The SMILES string of the molecule is COc1ccccc1OCC(=O)c1cc(C)n(C2CCCC2)c1C. The van der Waals surface area contributed by atoms with E-state index in [0.717, 1.165) is 11.3 Å². The number of aryl methyl sites for hydroxylation is 1. The molecule has 1 aliphatic rings. The molecule has 4 nitrogen and oxygen atoms in total. The molecule has 0 radical (unpaired) electrons. The molecule has 0 saturated heterocycles. The van der Waals surface area contributed by atoms with Gasteiger partial charge in [-0.25, -0.2) is 0 Å². The molecular formula is C20H25NO3. The minimum atomic E-state index is 0.0123. The number of methoxy groups -OCH3 is 1. The number of hydrogen-bond donors (Lipinski definition) is 0. The molecule has 0 unspecified atom stereocenters. The van der Waals surface area contributed by atoms with E-state index in [0.29, 0.717) is 17.5 Å². The number of rotatable bonds is 6. The molecule has 0 atom stereocenters. The van der Waals surface area contributed by atoms with Gasteiger partial charge in [-0.2, -0.15) is 0 Å². The van der Waals surface area contributed by atoms with Crippen molar-refractivity contribution in [3.05, 3.63) is 47.3 Å². The van der Waals surface area contributed by atoms with E-state index in [2.05, 4.69) is 11.5 Å². The highest BCUT2D eigenvalue weighted by Crippen LogP contribution is 2.33. The first-order chi connectivity index (χ1) is 11.6. The van der Waals surface area contributed by atoms with Crippen molar-refractivity contribution in [3.63, 3.8) is 0 Å². The monoisotopic (exact) mass is 327 g/mol. The fraction of sp³-hybridized carbons (Fsp3) is 0.450. The van der Waals surface area contributed by atoms with Crippen molar-refractivity contribution in [1.82, 2.24) is 4.57 Å². The molecule has 24 heavy (non-hydrogen) atoms. The van der Waals surface area contributed by atoms with Crippen molar-refractivity contribution < 1.29 is 14.3 Å². The number of ether oxygens (including phenoxy) is 2. The summed E-state index contributed by atoms with van der Waals surface area (Å²) in [4.78, 5) is 12.6. The van der Waals surface area contributed by atoms with Crippen LogP contribution in [0.25, 0.3) is 0 Å². The number of carbonyl (C=O) groups excluding carboxylic acids is 1. The zero-order valence-corrected chi connectivity index (χ0v) is 14.7. The second-order valence-corrected chi connectivity index (χ2v) is 6.46. The van der Waals surface area contributed by atoms with E-state index < -0.39 is 0 Å². The Morgan fingerprint density at radius 1 is 1.17 bits per heavy atom. The van der Waals surface area contributed by atoms with Crippen molar-refractivity contribution in [2.24, 2.45) is 0 Å². The molecule has 1 aromatic heterocycles. The van der Waals surface area contributed by atoms with Crippen molar-refractivity contribution in [2.45, 2.75) is 45.6 Å². The number of Topliss-reactive ketones (excluding diaryl/α,β-unsaturated/α-hetero) is 1. The molecule has 0 aliphatic heterocycles. The highest BCUT2D eigenvalue weighted by atomic mass is 16.5. The molecule has 0 N–H and O–H groups in total.